The van der Waals surface area contributed by atoms with E-state index in [1.54, 1.807) is 23.1 Å². The Bertz CT molecular complexity index is 570. The fourth-order valence-electron chi connectivity index (χ4n) is 2.07. The van der Waals surface area contributed by atoms with E-state index in [-0.39, 0.29) is 0 Å². The first-order valence-corrected chi connectivity index (χ1v) is 9.04. The number of hydrogen-bond donors (Lipinski definition) is 1. The number of thioether (sulfide) groups is 1. The third-order valence-electron chi connectivity index (χ3n) is 3.19. The van der Waals surface area contributed by atoms with Crippen LogP contribution >= 0.6 is 34.7 Å². The van der Waals surface area contributed by atoms with Gasteiger partial charge in [0.2, 0.25) is 5.13 Å². The molecule has 0 radical (unpaired) electrons. The molecule has 1 atom stereocenters. The van der Waals surface area contributed by atoms with Gasteiger partial charge in [0.05, 0.1) is 6.10 Å². The Kier molecular flexibility index (Phi) is 5.35. The van der Waals surface area contributed by atoms with Crippen LogP contribution in [0.15, 0.2) is 28.6 Å². The molecule has 4 nitrogen and oxygen atoms in total. The summed E-state index contributed by atoms with van der Waals surface area (Å²) >= 11 is 9.15. The first-order chi connectivity index (χ1) is 10.3. The topological polar surface area (TPSA) is 47.0 Å². The van der Waals surface area contributed by atoms with Gasteiger partial charge in [0, 0.05) is 23.9 Å². The van der Waals surface area contributed by atoms with E-state index in [2.05, 4.69) is 15.5 Å². The van der Waals surface area contributed by atoms with Gasteiger partial charge < -0.3 is 10.1 Å². The summed E-state index contributed by atoms with van der Waals surface area (Å²) in [6.45, 7) is 1.70. The van der Waals surface area contributed by atoms with Crippen molar-refractivity contribution in [2.24, 2.45) is 0 Å². The van der Waals surface area contributed by atoms with Gasteiger partial charge in [-0.05, 0) is 30.5 Å². The summed E-state index contributed by atoms with van der Waals surface area (Å²) in [6, 6.07) is 7.89. The third-order valence-corrected chi connectivity index (χ3v) is 5.52. The number of benzene rings is 1. The van der Waals surface area contributed by atoms with Crippen LogP contribution in [0.25, 0.3) is 0 Å². The van der Waals surface area contributed by atoms with Gasteiger partial charge in [-0.25, -0.2) is 0 Å². The minimum Gasteiger partial charge on any atom is -0.376 e. The summed E-state index contributed by atoms with van der Waals surface area (Å²) in [5, 5.41) is 13.3. The summed E-state index contributed by atoms with van der Waals surface area (Å²) in [6.07, 6.45) is 2.60. The molecule has 0 saturated carbocycles. The van der Waals surface area contributed by atoms with Crippen molar-refractivity contribution in [1.82, 2.24) is 10.2 Å². The molecule has 3 rings (SSSR count). The maximum absolute atomic E-state index is 5.88. The molecule has 0 bridgehead atoms. The van der Waals surface area contributed by atoms with E-state index >= 15 is 0 Å². The number of aromatic nitrogens is 2. The Morgan fingerprint density at radius 3 is 2.95 bits per heavy atom. The highest BCUT2D eigenvalue weighted by molar-refractivity contribution is 8.00. The summed E-state index contributed by atoms with van der Waals surface area (Å²) in [5.41, 5.74) is 1.23. The Morgan fingerprint density at radius 2 is 2.19 bits per heavy atom. The largest absolute Gasteiger partial charge is 0.376 e. The molecule has 1 unspecified atom stereocenters. The molecule has 2 aromatic rings. The molecule has 1 aliphatic heterocycles. The Hall–Kier alpha value is -0.820. The van der Waals surface area contributed by atoms with E-state index in [1.807, 2.05) is 24.3 Å². The second-order valence-electron chi connectivity index (χ2n) is 4.80. The van der Waals surface area contributed by atoms with E-state index < -0.39 is 0 Å². The van der Waals surface area contributed by atoms with E-state index in [9.17, 15) is 0 Å². The van der Waals surface area contributed by atoms with Crippen molar-refractivity contribution < 1.29 is 4.74 Å². The molecule has 2 heterocycles. The quantitative estimate of drug-likeness (QED) is 0.802. The molecule has 1 aliphatic rings. The lowest BCUT2D eigenvalue weighted by molar-refractivity contribution is 0.120. The number of ether oxygens (including phenoxy) is 1. The van der Waals surface area contributed by atoms with Crippen LogP contribution in [0.3, 0.4) is 0 Å². The highest BCUT2D eigenvalue weighted by Crippen LogP contribution is 2.28. The molecule has 112 valence electrons. The summed E-state index contributed by atoms with van der Waals surface area (Å²) in [5.74, 6) is 0.873. The van der Waals surface area contributed by atoms with Gasteiger partial charge in [-0.15, -0.1) is 10.2 Å². The second kappa shape index (κ2) is 7.45. The monoisotopic (exact) mass is 341 g/mol. The van der Waals surface area contributed by atoms with Crippen molar-refractivity contribution in [3.63, 3.8) is 0 Å². The lowest BCUT2D eigenvalue weighted by Crippen LogP contribution is -2.18. The van der Waals surface area contributed by atoms with Crippen molar-refractivity contribution >= 4 is 39.8 Å². The highest BCUT2D eigenvalue weighted by Gasteiger charge is 2.15. The molecule has 1 fully saturated rings. The SMILES string of the molecule is Clc1ccc(CSc2nnc(NCC3CCCO3)s2)cc1. The molecule has 1 aromatic carbocycles. The third kappa shape index (κ3) is 4.57. The highest BCUT2D eigenvalue weighted by atomic mass is 35.5. The molecule has 1 N–H and O–H groups in total. The van der Waals surface area contributed by atoms with E-state index in [4.69, 9.17) is 16.3 Å². The average Bonchev–Trinajstić information content (AvgIpc) is 3.16. The van der Waals surface area contributed by atoms with Crippen molar-refractivity contribution in [3.8, 4) is 0 Å². The first kappa shape index (κ1) is 15.1. The minimum atomic E-state index is 0.319. The molecule has 0 spiro atoms. The van der Waals surface area contributed by atoms with Gasteiger partial charge in [-0.3, -0.25) is 0 Å². The summed E-state index contributed by atoms with van der Waals surface area (Å²) in [7, 11) is 0. The van der Waals surface area contributed by atoms with E-state index in [0.717, 1.165) is 46.2 Å². The van der Waals surface area contributed by atoms with Crippen LogP contribution in [0.2, 0.25) is 5.02 Å². The molecule has 0 aliphatic carbocycles. The van der Waals surface area contributed by atoms with Gasteiger partial charge in [0.1, 0.15) is 0 Å². The second-order valence-corrected chi connectivity index (χ2v) is 7.44. The van der Waals surface area contributed by atoms with Gasteiger partial charge in [-0.2, -0.15) is 0 Å². The van der Waals surface area contributed by atoms with Crippen LogP contribution in [-0.4, -0.2) is 29.5 Å². The maximum Gasteiger partial charge on any atom is 0.206 e. The average molecular weight is 342 g/mol. The molecular formula is C14H16ClN3OS2. The maximum atomic E-state index is 5.88. The number of rotatable bonds is 6. The van der Waals surface area contributed by atoms with E-state index in [1.165, 1.54) is 5.56 Å². The van der Waals surface area contributed by atoms with Crippen LogP contribution in [0.4, 0.5) is 5.13 Å². The molecule has 7 heteroatoms. The molecular weight excluding hydrogens is 326 g/mol. The lowest BCUT2D eigenvalue weighted by Gasteiger charge is -2.08. The Morgan fingerprint density at radius 1 is 1.33 bits per heavy atom. The van der Waals surface area contributed by atoms with Gasteiger partial charge in [0.25, 0.3) is 0 Å². The van der Waals surface area contributed by atoms with Crippen molar-refractivity contribution in [1.29, 1.82) is 0 Å². The zero-order valence-electron chi connectivity index (χ0n) is 11.4. The molecule has 0 amide bonds. The standard InChI is InChI=1S/C14H16ClN3OS2/c15-11-5-3-10(4-6-11)9-20-14-18-17-13(21-14)16-8-12-2-1-7-19-12/h3-6,12H,1-2,7-9H2,(H,16,17). The van der Waals surface area contributed by atoms with Crippen LogP contribution in [-0.2, 0) is 10.5 Å². The van der Waals surface area contributed by atoms with Crippen molar-refractivity contribution in [2.75, 3.05) is 18.5 Å². The van der Waals surface area contributed by atoms with E-state index in [0.29, 0.717) is 6.10 Å². The Labute approximate surface area is 137 Å². The minimum absolute atomic E-state index is 0.319. The number of nitrogens with one attached hydrogen (secondary N) is 1. The summed E-state index contributed by atoms with van der Waals surface area (Å²) < 4.78 is 6.55. The molecule has 21 heavy (non-hydrogen) atoms. The predicted molar refractivity (Wildman–Crippen MR) is 88.4 cm³/mol. The zero-order valence-corrected chi connectivity index (χ0v) is 13.8. The summed E-state index contributed by atoms with van der Waals surface area (Å²) in [4.78, 5) is 0. The number of hydrogen-bond acceptors (Lipinski definition) is 6. The van der Waals surface area contributed by atoms with Crippen LogP contribution in [0, 0.1) is 0 Å². The zero-order chi connectivity index (χ0) is 14.5. The Balaban J connectivity index is 1.46. The smallest absolute Gasteiger partial charge is 0.206 e. The number of anilines is 1. The van der Waals surface area contributed by atoms with Crippen molar-refractivity contribution in [3.05, 3.63) is 34.9 Å². The van der Waals surface area contributed by atoms with Crippen molar-refractivity contribution in [2.45, 2.75) is 29.0 Å². The fraction of sp³-hybridized carbons (Fsp3) is 0.429. The van der Waals surface area contributed by atoms with Gasteiger partial charge in [-0.1, -0.05) is 46.8 Å². The first-order valence-electron chi connectivity index (χ1n) is 6.86. The van der Waals surface area contributed by atoms with Crippen LogP contribution < -0.4 is 5.32 Å². The fourth-order valence-corrected chi connectivity index (χ4v) is 3.91. The lowest BCUT2D eigenvalue weighted by atomic mass is 10.2. The van der Waals surface area contributed by atoms with Crippen LogP contribution in [0.5, 0.6) is 0 Å². The normalized spacial score (nSPS) is 18.0. The van der Waals surface area contributed by atoms with Gasteiger partial charge in [0.15, 0.2) is 4.34 Å². The number of nitrogens with zero attached hydrogens (tertiary/aromatic N) is 2. The van der Waals surface area contributed by atoms with Gasteiger partial charge >= 0.3 is 0 Å². The molecule has 1 aromatic heterocycles. The van der Waals surface area contributed by atoms with Crippen LogP contribution in [0.1, 0.15) is 18.4 Å². The molecule has 1 saturated heterocycles. The number of halogens is 1. The predicted octanol–water partition coefficient (Wildman–Crippen LogP) is 4.07.